The number of aromatic hydroxyl groups is 1. The van der Waals surface area contributed by atoms with Gasteiger partial charge in [0.15, 0.2) is 11.5 Å². The Balaban J connectivity index is 1.75. The van der Waals surface area contributed by atoms with Gasteiger partial charge in [-0.1, -0.05) is 41.4 Å². The van der Waals surface area contributed by atoms with Crippen LogP contribution in [0, 0.1) is 11.3 Å². The lowest BCUT2D eigenvalue weighted by Crippen LogP contribution is -2.21. The first-order chi connectivity index (χ1) is 15.9. The molecule has 6 nitrogen and oxygen atoms in total. The third kappa shape index (κ3) is 4.65. The van der Waals surface area contributed by atoms with Crippen LogP contribution in [0.1, 0.15) is 29.5 Å². The van der Waals surface area contributed by atoms with Crippen molar-refractivity contribution in [2.24, 2.45) is 5.73 Å². The summed E-state index contributed by atoms with van der Waals surface area (Å²) >= 11 is 12.6. The number of benzene rings is 3. The smallest absolute Gasteiger partial charge is 0.205 e. The van der Waals surface area contributed by atoms with Crippen LogP contribution in [0.5, 0.6) is 23.0 Å². The van der Waals surface area contributed by atoms with E-state index >= 15 is 0 Å². The van der Waals surface area contributed by atoms with Crippen molar-refractivity contribution >= 4 is 23.2 Å². The SMILES string of the molecule is CCOc1cc([C@@H]2C(C#N)=C(N)Oc3cc(O)ccc32)cc(Cl)c1OCc1ccc(Cl)cc1. The second-order valence-electron chi connectivity index (χ2n) is 7.33. The summed E-state index contributed by atoms with van der Waals surface area (Å²) in [4.78, 5) is 0. The van der Waals surface area contributed by atoms with Crippen LogP contribution in [0.2, 0.25) is 10.0 Å². The zero-order chi connectivity index (χ0) is 23.5. The number of ether oxygens (including phenoxy) is 3. The summed E-state index contributed by atoms with van der Waals surface area (Å²) in [5, 5.41) is 20.6. The number of nitrogens with zero attached hydrogens (tertiary/aromatic N) is 1. The summed E-state index contributed by atoms with van der Waals surface area (Å²) in [6.07, 6.45) is 0. The van der Waals surface area contributed by atoms with Gasteiger partial charge in [-0.15, -0.1) is 0 Å². The number of halogens is 2. The molecule has 3 N–H and O–H groups in total. The zero-order valence-electron chi connectivity index (χ0n) is 17.6. The Morgan fingerprint density at radius 2 is 1.85 bits per heavy atom. The molecule has 4 rings (SSSR count). The van der Waals surface area contributed by atoms with E-state index in [1.807, 2.05) is 19.1 Å². The summed E-state index contributed by atoms with van der Waals surface area (Å²) in [7, 11) is 0. The molecule has 1 atom stereocenters. The number of phenolic OH excluding ortho intramolecular Hbond substituents is 1. The van der Waals surface area contributed by atoms with E-state index in [-0.39, 0.29) is 23.8 Å². The second kappa shape index (κ2) is 9.53. The standard InChI is InChI=1S/C25H20Cl2N2O4/c1-2-31-22-10-15(9-20(27)24(22)32-13-14-3-5-16(26)6-4-14)23-18-8-7-17(30)11-21(18)33-25(29)19(23)12-28/h3-11,23,30H,2,13,29H2,1H3/t23-/m0/s1. The Bertz CT molecular complexity index is 1270. The van der Waals surface area contributed by atoms with E-state index in [2.05, 4.69) is 6.07 Å². The average molecular weight is 483 g/mol. The number of nitriles is 1. The number of phenols is 1. The molecule has 0 radical (unpaired) electrons. The van der Waals surface area contributed by atoms with Gasteiger partial charge in [0.2, 0.25) is 5.88 Å². The van der Waals surface area contributed by atoms with Crippen molar-refractivity contribution in [2.45, 2.75) is 19.4 Å². The molecule has 0 aliphatic carbocycles. The fraction of sp³-hybridized carbons (Fsp3) is 0.160. The van der Waals surface area contributed by atoms with E-state index in [0.717, 1.165) is 5.56 Å². The molecule has 0 saturated carbocycles. The van der Waals surface area contributed by atoms with Gasteiger partial charge in [-0.05, 0) is 48.4 Å². The quantitative estimate of drug-likeness (QED) is 0.454. The highest BCUT2D eigenvalue weighted by atomic mass is 35.5. The normalized spacial score (nSPS) is 14.8. The molecule has 0 spiro atoms. The van der Waals surface area contributed by atoms with E-state index in [1.54, 1.807) is 30.3 Å². The fourth-order valence-electron chi connectivity index (χ4n) is 3.68. The highest BCUT2D eigenvalue weighted by Gasteiger charge is 2.32. The molecule has 33 heavy (non-hydrogen) atoms. The summed E-state index contributed by atoms with van der Waals surface area (Å²) < 4.78 is 17.4. The van der Waals surface area contributed by atoms with Crippen molar-refractivity contribution in [1.29, 1.82) is 5.26 Å². The summed E-state index contributed by atoms with van der Waals surface area (Å²) in [5.74, 6) is 0.648. The molecule has 1 aliphatic heterocycles. The van der Waals surface area contributed by atoms with Crippen LogP contribution in [0.15, 0.2) is 66.1 Å². The number of hydrogen-bond acceptors (Lipinski definition) is 6. The van der Waals surface area contributed by atoms with Crippen molar-refractivity contribution in [3.8, 4) is 29.1 Å². The number of nitrogens with two attached hydrogens (primary N) is 1. The highest BCUT2D eigenvalue weighted by Crippen LogP contribution is 2.47. The van der Waals surface area contributed by atoms with Crippen molar-refractivity contribution in [2.75, 3.05) is 6.61 Å². The van der Waals surface area contributed by atoms with Gasteiger partial charge < -0.3 is 25.1 Å². The van der Waals surface area contributed by atoms with Crippen molar-refractivity contribution in [3.63, 3.8) is 0 Å². The predicted molar refractivity (Wildman–Crippen MR) is 126 cm³/mol. The van der Waals surface area contributed by atoms with Crippen molar-refractivity contribution < 1.29 is 19.3 Å². The minimum absolute atomic E-state index is 0.0275. The molecule has 0 saturated heterocycles. The fourth-order valence-corrected chi connectivity index (χ4v) is 4.08. The zero-order valence-corrected chi connectivity index (χ0v) is 19.2. The predicted octanol–water partition coefficient (Wildman–Crippen LogP) is 5.89. The Morgan fingerprint density at radius 3 is 2.55 bits per heavy atom. The molecule has 3 aromatic rings. The lowest BCUT2D eigenvalue weighted by atomic mass is 9.83. The van der Waals surface area contributed by atoms with Gasteiger partial charge in [0.05, 0.1) is 17.5 Å². The average Bonchev–Trinajstić information content (AvgIpc) is 2.78. The minimum Gasteiger partial charge on any atom is -0.508 e. The van der Waals surface area contributed by atoms with E-state index < -0.39 is 5.92 Å². The van der Waals surface area contributed by atoms with Gasteiger partial charge in [0, 0.05) is 16.7 Å². The first-order valence-corrected chi connectivity index (χ1v) is 10.9. The van der Waals surface area contributed by atoms with Crippen LogP contribution in [0.3, 0.4) is 0 Å². The van der Waals surface area contributed by atoms with Crippen LogP contribution in [0.25, 0.3) is 0 Å². The van der Waals surface area contributed by atoms with Gasteiger partial charge in [-0.2, -0.15) is 5.26 Å². The first-order valence-electron chi connectivity index (χ1n) is 10.1. The molecule has 0 bridgehead atoms. The number of rotatable bonds is 6. The van der Waals surface area contributed by atoms with Crippen LogP contribution in [-0.2, 0) is 6.61 Å². The Kier molecular flexibility index (Phi) is 6.55. The first kappa shape index (κ1) is 22.7. The van der Waals surface area contributed by atoms with Crippen LogP contribution in [-0.4, -0.2) is 11.7 Å². The molecular formula is C25H20Cl2N2O4. The van der Waals surface area contributed by atoms with Gasteiger partial charge in [-0.3, -0.25) is 0 Å². The highest BCUT2D eigenvalue weighted by molar-refractivity contribution is 6.32. The van der Waals surface area contributed by atoms with Crippen molar-refractivity contribution in [3.05, 3.63) is 92.8 Å². The molecule has 0 unspecified atom stereocenters. The van der Waals surface area contributed by atoms with Gasteiger partial charge in [0.25, 0.3) is 0 Å². The molecule has 8 heteroatoms. The summed E-state index contributed by atoms with van der Waals surface area (Å²) in [5.41, 5.74) is 8.53. The molecular weight excluding hydrogens is 463 g/mol. The summed E-state index contributed by atoms with van der Waals surface area (Å²) in [6, 6.07) is 17.6. The Morgan fingerprint density at radius 1 is 1.09 bits per heavy atom. The van der Waals surface area contributed by atoms with E-state index in [1.165, 1.54) is 12.1 Å². The van der Waals surface area contributed by atoms with Crippen LogP contribution < -0.4 is 19.9 Å². The van der Waals surface area contributed by atoms with Gasteiger partial charge in [-0.25, -0.2) is 0 Å². The van der Waals surface area contributed by atoms with Gasteiger partial charge in [0.1, 0.15) is 29.7 Å². The molecule has 3 aromatic carbocycles. The lowest BCUT2D eigenvalue weighted by Gasteiger charge is -2.27. The van der Waals surface area contributed by atoms with Crippen LogP contribution >= 0.6 is 23.2 Å². The van der Waals surface area contributed by atoms with E-state index in [4.69, 9.17) is 43.1 Å². The maximum absolute atomic E-state index is 9.85. The number of allylic oxidation sites excluding steroid dienone is 1. The maximum Gasteiger partial charge on any atom is 0.205 e. The lowest BCUT2D eigenvalue weighted by molar-refractivity contribution is 0.269. The van der Waals surface area contributed by atoms with E-state index in [0.29, 0.717) is 45.0 Å². The number of fused-ring (bicyclic) bond motifs is 1. The molecule has 0 amide bonds. The van der Waals surface area contributed by atoms with Crippen molar-refractivity contribution in [1.82, 2.24) is 0 Å². The van der Waals surface area contributed by atoms with Crippen LogP contribution in [0.4, 0.5) is 0 Å². The number of hydrogen-bond donors (Lipinski definition) is 2. The third-order valence-corrected chi connectivity index (χ3v) is 5.70. The molecule has 0 aromatic heterocycles. The Labute approximate surface area is 201 Å². The minimum atomic E-state index is -0.554. The molecule has 168 valence electrons. The topological polar surface area (TPSA) is 97.7 Å². The summed E-state index contributed by atoms with van der Waals surface area (Å²) in [6.45, 7) is 2.51. The molecule has 1 heterocycles. The monoisotopic (exact) mass is 482 g/mol. The third-order valence-electron chi connectivity index (χ3n) is 5.16. The maximum atomic E-state index is 9.85. The largest absolute Gasteiger partial charge is 0.508 e. The molecule has 0 fully saturated rings. The van der Waals surface area contributed by atoms with E-state index in [9.17, 15) is 10.4 Å². The second-order valence-corrected chi connectivity index (χ2v) is 8.17. The Hall–Kier alpha value is -3.53. The molecule has 1 aliphatic rings. The van der Waals surface area contributed by atoms with Gasteiger partial charge >= 0.3 is 0 Å².